The Morgan fingerprint density at radius 2 is 1.71 bits per heavy atom. The molecule has 0 aliphatic carbocycles. The number of piperazine rings is 1. The highest BCUT2D eigenvalue weighted by Gasteiger charge is 2.28. The van der Waals surface area contributed by atoms with Gasteiger partial charge >= 0.3 is 0 Å². The van der Waals surface area contributed by atoms with Gasteiger partial charge in [0, 0.05) is 36.9 Å². The Labute approximate surface area is 211 Å². The Hall–Kier alpha value is -3.16. The molecular formula is C27H32ClN5O2. The van der Waals surface area contributed by atoms with E-state index in [2.05, 4.69) is 29.2 Å². The lowest BCUT2D eigenvalue weighted by Gasteiger charge is -2.34. The van der Waals surface area contributed by atoms with Crippen LogP contribution in [0.15, 0.2) is 48.7 Å². The lowest BCUT2D eigenvalue weighted by Crippen LogP contribution is -2.50. The van der Waals surface area contributed by atoms with Crippen molar-refractivity contribution in [3.8, 4) is 5.69 Å². The highest BCUT2D eigenvalue weighted by molar-refractivity contribution is 6.30. The van der Waals surface area contributed by atoms with E-state index in [0.29, 0.717) is 43.3 Å². The number of hydrogen-bond acceptors (Lipinski definition) is 4. The Kier molecular flexibility index (Phi) is 7.57. The highest BCUT2D eigenvalue weighted by atomic mass is 35.5. The smallest absolute Gasteiger partial charge is 0.257 e. The zero-order chi connectivity index (χ0) is 25.1. The van der Waals surface area contributed by atoms with E-state index >= 15 is 0 Å². The van der Waals surface area contributed by atoms with E-state index in [1.807, 2.05) is 65.9 Å². The van der Waals surface area contributed by atoms with Crippen LogP contribution in [0.1, 0.15) is 46.9 Å². The standard InChI is InChI=1S/C27H32ClN5O2/c1-18(2)26-23(16-29-33(26)22-10-8-21(28)9-11-22)27(35)32-14-12-31(13-15-32)17-25(34)30-24-7-5-6-19(3)20(24)4/h5-11,16,18H,12-15,17H2,1-4H3,(H,30,34). The van der Waals surface area contributed by atoms with Crippen molar-refractivity contribution in [2.45, 2.75) is 33.6 Å². The summed E-state index contributed by atoms with van der Waals surface area (Å²) in [5.74, 6) is 0.0559. The number of carbonyl (C=O) groups excluding carboxylic acids is 2. The quantitative estimate of drug-likeness (QED) is 0.542. The molecule has 1 N–H and O–H groups in total. The third kappa shape index (κ3) is 5.57. The molecule has 1 saturated heterocycles. The van der Waals surface area contributed by atoms with Crippen LogP contribution in [0.4, 0.5) is 5.69 Å². The molecule has 184 valence electrons. The third-order valence-corrected chi connectivity index (χ3v) is 6.81. The number of amides is 2. The molecule has 2 aromatic carbocycles. The second-order valence-corrected chi connectivity index (χ2v) is 9.79. The van der Waals surface area contributed by atoms with Crippen LogP contribution in [-0.2, 0) is 4.79 Å². The van der Waals surface area contributed by atoms with Gasteiger partial charge in [-0.2, -0.15) is 5.10 Å². The number of nitrogens with zero attached hydrogens (tertiary/aromatic N) is 4. The van der Waals surface area contributed by atoms with Crippen molar-refractivity contribution in [2.75, 3.05) is 38.0 Å². The maximum Gasteiger partial charge on any atom is 0.257 e. The number of carbonyl (C=O) groups is 2. The molecule has 35 heavy (non-hydrogen) atoms. The fourth-order valence-corrected chi connectivity index (χ4v) is 4.55. The molecule has 0 unspecified atom stereocenters. The predicted molar refractivity (Wildman–Crippen MR) is 140 cm³/mol. The number of rotatable bonds is 6. The average Bonchev–Trinajstić information content (AvgIpc) is 3.28. The lowest BCUT2D eigenvalue weighted by atomic mass is 10.0. The maximum absolute atomic E-state index is 13.4. The minimum atomic E-state index is -0.0372. The van der Waals surface area contributed by atoms with Crippen LogP contribution in [0.3, 0.4) is 0 Å². The van der Waals surface area contributed by atoms with Crippen molar-refractivity contribution in [2.24, 2.45) is 0 Å². The summed E-state index contributed by atoms with van der Waals surface area (Å²) in [7, 11) is 0. The van der Waals surface area contributed by atoms with E-state index < -0.39 is 0 Å². The maximum atomic E-state index is 13.4. The van der Waals surface area contributed by atoms with E-state index in [4.69, 9.17) is 11.6 Å². The first kappa shape index (κ1) is 24.9. The first-order valence-electron chi connectivity index (χ1n) is 12.0. The SMILES string of the molecule is Cc1cccc(NC(=O)CN2CCN(C(=O)c3cnn(-c4ccc(Cl)cc4)c3C(C)C)CC2)c1C. The minimum absolute atomic E-state index is 0.0200. The fourth-order valence-electron chi connectivity index (χ4n) is 4.43. The summed E-state index contributed by atoms with van der Waals surface area (Å²) in [5.41, 5.74) is 5.45. The number of benzene rings is 2. The summed E-state index contributed by atoms with van der Waals surface area (Å²) in [6, 6.07) is 13.3. The molecule has 7 nitrogen and oxygen atoms in total. The monoisotopic (exact) mass is 493 g/mol. The summed E-state index contributed by atoms with van der Waals surface area (Å²) in [5, 5.41) is 8.20. The van der Waals surface area contributed by atoms with Crippen molar-refractivity contribution in [3.05, 3.63) is 76.1 Å². The number of aryl methyl sites for hydroxylation is 1. The number of nitrogens with one attached hydrogen (secondary N) is 1. The van der Waals surface area contributed by atoms with E-state index in [1.54, 1.807) is 6.20 Å². The average molecular weight is 494 g/mol. The molecule has 0 bridgehead atoms. The largest absolute Gasteiger partial charge is 0.336 e. The van der Waals surface area contributed by atoms with Gasteiger partial charge in [0.2, 0.25) is 5.91 Å². The van der Waals surface area contributed by atoms with Crippen LogP contribution < -0.4 is 5.32 Å². The second-order valence-electron chi connectivity index (χ2n) is 9.35. The molecule has 1 fully saturated rings. The molecule has 0 atom stereocenters. The lowest BCUT2D eigenvalue weighted by molar-refractivity contribution is -0.117. The first-order chi connectivity index (χ1) is 16.7. The van der Waals surface area contributed by atoms with Crippen LogP contribution in [0.5, 0.6) is 0 Å². The molecule has 1 aliphatic rings. The van der Waals surface area contributed by atoms with E-state index in [9.17, 15) is 9.59 Å². The Morgan fingerprint density at radius 3 is 2.37 bits per heavy atom. The molecule has 2 amide bonds. The summed E-state index contributed by atoms with van der Waals surface area (Å²) in [6.07, 6.45) is 1.66. The van der Waals surface area contributed by atoms with Gasteiger partial charge in [0.05, 0.1) is 29.7 Å². The van der Waals surface area contributed by atoms with Crippen molar-refractivity contribution in [1.82, 2.24) is 19.6 Å². The van der Waals surface area contributed by atoms with Gasteiger partial charge in [0.25, 0.3) is 5.91 Å². The number of anilines is 1. The number of hydrogen-bond donors (Lipinski definition) is 1. The van der Waals surface area contributed by atoms with Gasteiger partial charge in [-0.05, 0) is 61.2 Å². The normalized spacial score (nSPS) is 14.4. The molecule has 4 rings (SSSR count). The molecule has 0 saturated carbocycles. The fraction of sp³-hybridized carbons (Fsp3) is 0.370. The molecular weight excluding hydrogens is 462 g/mol. The van der Waals surface area contributed by atoms with Crippen molar-refractivity contribution in [1.29, 1.82) is 0 Å². The van der Waals surface area contributed by atoms with Gasteiger partial charge < -0.3 is 10.2 Å². The van der Waals surface area contributed by atoms with E-state index in [0.717, 1.165) is 28.2 Å². The van der Waals surface area contributed by atoms with Gasteiger partial charge in [0.1, 0.15) is 0 Å². The Morgan fingerprint density at radius 1 is 1.03 bits per heavy atom. The Bertz CT molecular complexity index is 1210. The van der Waals surface area contributed by atoms with Gasteiger partial charge in [-0.3, -0.25) is 14.5 Å². The summed E-state index contributed by atoms with van der Waals surface area (Å²) < 4.78 is 1.82. The molecule has 0 spiro atoms. The second kappa shape index (κ2) is 10.6. The van der Waals surface area contributed by atoms with Crippen LogP contribution in [-0.4, -0.2) is 64.1 Å². The summed E-state index contributed by atoms with van der Waals surface area (Å²) in [4.78, 5) is 30.0. The molecule has 8 heteroatoms. The zero-order valence-corrected chi connectivity index (χ0v) is 21.5. The Balaban J connectivity index is 1.39. The molecule has 3 aromatic rings. The third-order valence-electron chi connectivity index (χ3n) is 6.56. The van der Waals surface area contributed by atoms with Gasteiger partial charge in [-0.1, -0.05) is 37.6 Å². The zero-order valence-electron chi connectivity index (χ0n) is 20.7. The molecule has 2 heterocycles. The van der Waals surface area contributed by atoms with Crippen LogP contribution >= 0.6 is 11.6 Å². The minimum Gasteiger partial charge on any atom is -0.336 e. The summed E-state index contributed by atoms with van der Waals surface area (Å²) >= 11 is 6.04. The van der Waals surface area contributed by atoms with Crippen molar-refractivity contribution >= 4 is 29.1 Å². The van der Waals surface area contributed by atoms with Gasteiger partial charge in [0.15, 0.2) is 0 Å². The van der Waals surface area contributed by atoms with Gasteiger partial charge in [-0.25, -0.2) is 4.68 Å². The van der Waals surface area contributed by atoms with Gasteiger partial charge in [-0.15, -0.1) is 0 Å². The van der Waals surface area contributed by atoms with Crippen molar-refractivity contribution < 1.29 is 9.59 Å². The predicted octanol–water partition coefficient (Wildman–Crippen LogP) is 4.66. The highest BCUT2D eigenvalue weighted by Crippen LogP contribution is 2.25. The number of halogens is 1. The number of aromatic nitrogens is 2. The van der Waals surface area contributed by atoms with Crippen LogP contribution in [0.25, 0.3) is 5.69 Å². The topological polar surface area (TPSA) is 70.5 Å². The van der Waals surface area contributed by atoms with Crippen LogP contribution in [0.2, 0.25) is 5.02 Å². The molecule has 0 radical (unpaired) electrons. The molecule has 1 aromatic heterocycles. The molecule has 1 aliphatic heterocycles. The van der Waals surface area contributed by atoms with Crippen LogP contribution in [0, 0.1) is 13.8 Å². The van der Waals surface area contributed by atoms with Crippen molar-refractivity contribution in [3.63, 3.8) is 0 Å². The van der Waals surface area contributed by atoms with E-state index in [1.165, 1.54) is 0 Å². The first-order valence-corrected chi connectivity index (χ1v) is 12.3. The van der Waals surface area contributed by atoms with E-state index in [-0.39, 0.29) is 17.7 Å². The summed E-state index contributed by atoms with van der Waals surface area (Å²) in [6.45, 7) is 10.9.